The largest absolute Gasteiger partial charge is 0.378 e. The van der Waals surface area contributed by atoms with Crippen LogP contribution in [0.2, 0.25) is 0 Å². The molecule has 2 N–H and O–H groups in total. The molecular weight excluding hydrogens is 418 g/mol. The molecule has 170 valence electrons. The van der Waals surface area contributed by atoms with Crippen LogP contribution >= 0.6 is 0 Å². The average molecular weight is 446 g/mol. The van der Waals surface area contributed by atoms with Gasteiger partial charge in [0.05, 0.1) is 12.2 Å². The van der Waals surface area contributed by atoms with E-state index >= 15 is 0 Å². The summed E-state index contributed by atoms with van der Waals surface area (Å²) in [6.45, 7) is 3.72. The van der Waals surface area contributed by atoms with Crippen LogP contribution in [-0.2, 0) is 11.3 Å². The highest BCUT2D eigenvalue weighted by molar-refractivity contribution is 6.06. The van der Waals surface area contributed by atoms with Gasteiger partial charge in [0.1, 0.15) is 5.82 Å². The summed E-state index contributed by atoms with van der Waals surface area (Å²) in [4.78, 5) is 39.0. The zero-order valence-electron chi connectivity index (χ0n) is 19.4. The number of carbonyl (C=O) groups is 2. The molecule has 9 nitrogen and oxygen atoms in total. The summed E-state index contributed by atoms with van der Waals surface area (Å²) in [7, 11) is 5.66. The Hall–Kier alpha value is -4.14. The van der Waals surface area contributed by atoms with E-state index in [2.05, 4.69) is 20.6 Å². The van der Waals surface area contributed by atoms with E-state index in [0.717, 1.165) is 28.2 Å². The van der Waals surface area contributed by atoms with Gasteiger partial charge in [0.15, 0.2) is 0 Å². The lowest BCUT2D eigenvalue weighted by molar-refractivity contribution is -0.114. The molecule has 1 aliphatic rings. The fourth-order valence-corrected chi connectivity index (χ4v) is 3.73. The highest BCUT2D eigenvalue weighted by atomic mass is 16.2. The van der Waals surface area contributed by atoms with Gasteiger partial charge in [-0.05, 0) is 42.8 Å². The van der Waals surface area contributed by atoms with E-state index < -0.39 is 0 Å². The molecule has 0 spiro atoms. The van der Waals surface area contributed by atoms with Crippen LogP contribution in [0.1, 0.15) is 18.1 Å². The lowest BCUT2D eigenvalue weighted by Gasteiger charge is -2.35. The zero-order chi connectivity index (χ0) is 23.7. The molecule has 3 aromatic rings. The van der Waals surface area contributed by atoms with Crippen LogP contribution in [0, 0.1) is 6.92 Å². The van der Waals surface area contributed by atoms with Crippen LogP contribution in [0.5, 0.6) is 0 Å². The van der Waals surface area contributed by atoms with E-state index in [1.807, 2.05) is 68.4 Å². The predicted molar refractivity (Wildman–Crippen MR) is 132 cm³/mol. The first-order valence-electron chi connectivity index (χ1n) is 10.6. The van der Waals surface area contributed by atoms with Crippen molar-refractivity contribution >= 4 is 46.5 Å². The molecule has 2 aromatic carbocycles. The van der Waals surface area contributed by atoms with Crippen LogP contribution in [0.25, 0.3) is 0 Å². The molecule has 3 amide bonds. The van der Waals surface area contributed by atoms with Crippen molar-refractivity contribution in [3.8, 4) is 0 Å². The van der Waals surface area contributed by atoms with Crippen molar-refractivity contribution in [2.45, 2.75) is 20.4 Å². The lowest BCUT2D eigenvalue weighted by atomic mass is 10.1. The fourth-order valence-electron chi connectivity index (χ4n) is 3.73. The van der Waals surface area contributed by atoms with E-state index in [9.17, 15) is 9.59 Å². The van der Waals surface area contributed by atoms with Crippen LogP contribution in [0.3, 0.4) is 0 Å². The SMILES string of the molecule is CC(=O)Nc1ccc(C)c(N2Cc3cnc(Nc4cccc(N(C)C)c4)nc3N(C)C2=O)c1. The van der Waals surface area contributed by atoms with Crippen molar-refractivity contribution < 1.29 is 9.59 Å². The van der Waals surface area contributed by atoms with Gasteiger partial charge in [-0.15, -0.1) is 0 Å². The van der Waals surface area contributed by atoms with Gasteiger partial charge in [0, 0.05) is 56.9 Å². The third-order valence-corrected chi connectivity index (χ3v) is 5.44. The second kappa shape index (κ2) is 8.78. The van der Waals surface area contributed by atoms with Gasteiger partial charge in [0.25, 0.3) is 0 Å². The molecule has 0 radical (unpaired) electrons. The van der Waals surface area contributed by atoms with E-state index in [-0.39, 0.29) is 11.9 Å². The third-order valence-electron chi connectivity index (χ3n) is 5.44. The first-order chi connectivity index (χ1) is 15.7. The number of aromatic nitrogens is 2. The van der Waals surface area contributed by atoms with E-state index in [4.69, 9.17) is 0 Å². The van der Waals surface area contributed by atoms with Crippen molar-refractivity contribution in [1.82, 2.24) is 9.97 Å². The van der Waals surface area contributed by atoms with Gasteiger partial charge in [-0.2, -0.15) is 4.98 Å². The van der Waals surface area contributed by atoms with Crippen LogP contribution in [0.15, 0.2) is 48.7 Å². The molecule has 4 rings (SSSR count). The fraction of sp³-hybridized carbons (Fsp3) is 0.250. The molecule has 0 fully saturated rings. The van der Waals surface area contributed by atoms with E-state index in [1.165, 1.54) is 11.8 Å². The molecule has 0 saturated carbocycles. The third kappa shape index (κ3) is 4.57. The second-order valence-corrected chi connectivity index (χ2v) is 8.22. The molecule has 9 heteroatoms. The predicted octanol–water partition coefficient (Wildman–Crippen LogP) is 4.13. The number of hydrogen-bond donors (Lipinski definition) is 2. The maximum Gasteiger partial charge on any atom is 0.330 e. The Bertz CT molecular complexity index is 1230. The van der Waals surface area contributed by atoms with Crippen molar-refractivity contribution in [2.24, 2.45) is 0 Å². The van der Waals surface area contributed by atoms with Gasteiger partial charge in [0.2, 0.25) is 11.9 Å². The summed E-state index contributed by atoms with van der Waals surface area (Å²) in [6, 6.07) is 13.2. The van der Waals surface area contributed by atoms with Crippen molar-refractivity contribution in [3.05, 3.63) is 59.8 Å². The van der Waals surface area contributed by atoms with Gasteiger partial charge in [-0.3, -0.25) is 14.6 Å². The molecule has 33 heavy (non-hydrogen) atoms. The molecular formula is C24H27N7O2. The Morgan fingerprint density at radius 1 is 1.12 bits per heavy atom. The Kier molecular flexibility index (Phi) is 5.87. The number of aryl methyl sites for hydroxylation is 1. The summed E-state index contributed by atoms with van der Waals surface area (Å²) < 4.78 is 0. The van der Waals surface area contributed by atoms with Gasteiger partial charge in [-0.1, -0.05) is 12.1 Å². The number of urea groups is 1. The van der Waals surface area contributed by atoms with Crippen molar-refractivity contribution in [1.29, 1.82) is 0 Å². The molecule has 0 atom stereocenters. The average Bonchev–Trinajstić information content (AvgIpc) is 2.78. The van der Waals surface area contributed by atoms with Gasteiger partial charge < -0.3 is 15.5 Å². The molecule has 0 saturated heterocycles. The molecule has 0 bridgehead atoms. The minimum Gasteiger partial charge on any atom is -0.378 e. The summed E-state index contributed by atoms with van der Waals surface area (Å²) in [5.74, 6) is 0.816. The number of amides is 3. The minimum absolute atomic E-state index is 0.165. The van der Waals surface area contributed by atoms with E-state index in [0.29, 0.717) is 24.0 Å². The number of rotatable bonds is 5. The first-order valence-corrected chi connectivity index (χ1v) is 10.6. The molecule has 0 unspecified atom stereocenters. The highest BCUT2D eigenvalue weighted by Gasteiger charge is 2.31. The maximum absolute atomic E-state index is 13.2. The normalized spacial score (nSPS) is 12.9. The smallest absolute Gasteiger partial charge is 0.330 e. The quantitative estimate of drug-likeness (QED) is 0.613. The standard InChI is InChI=1S/C24H27N7O2/c1-15-9-10-19(26-16(2)32)12-21(15)31-14-17-13-25-23(28-22(17)30(5)24(31)33)27-18-7-6-8-20(11-18)29(3)4/h6-13H,14H2,1-5H3,(H,26,32)(H,25,27,28). The van der Waals surface area contributed by atoms with Crippen LogP contribution in [-0.4, -0.2) is 43.0 Å². The van der Waals surface area contributed by atoms with Crippen molar-refractivity contribution in [3.63, 3.8) is 0 Å². The number of carbonyl (C=O) groups excluding carboxylic acids is 2. The zero-order valence-corrected chi connectivity index (χ0v) is 19.4. The Morgan fingerprint density at radius 2 is 1.91 bits per heavy atom. The number of fused-ring (bicyclic) bond motifs is 1. The number of nitrogens with one attached hydrogen (secondary N) is 2. The summed E-state index contributed by atoms with van der Waals surface area (Å²) in [5, 5.41) is 5.99. The number of hydrogen-bond acceptors (Lipinski definition) is 6. The Morgan fingerprint density at radius 3 is 2.64 bits per heavy atom. The van der Waals surface area contributed by atoms with E-state index in [1.54, 1.807) is 18.1 Å². The summed E-state index contributed by atoms with van der Waals surface area (Å²) in [6.07, 6.45) is 1.74. The monoisotopic (exact) mass is 445 g/mol. The second-order valence-electron chi connectivity index (χ2n) is 8.22. The molecule has 1 aliphatic heterocycles. The maximum atomic E-state index is 13.2. The number of nitrogens with zero attached hydrogens (tertiary/aromatic N) is 5. The molecule has 1 aromatic heterocycles. The van der Waals surface area contributed by atoms with Crippen LogP contribution in [0.4, 0.5) is 39.3 Å². The highest BCUT2D eigenvalue weighted by Crippen LogP contribution is 2.33. The van der Waals surface area contributed by atoms with Gasteiger partial charge >= 0.3 is 6.03 Å². The Labute approximate surface area is 193 Å². The minimum atomic E-state index is -0.204. The topological polar surface area (TPSA) is 93.7 Å². The van der Waals surface area contributed by atoms with Crippen molar-refractivity contribution in [2.75, 3.05) is 46.5 Å². The first kappa shape index (κ1) is 22.1. The Balaban J connectivity index is 1.62. The van der Waals surface area contributed by atoms with Gasteiger partial charge in [-0.25, -0.2) is 9.78 Å². The van der Waals surface area contributed by atoms with Crippen LogP contribution < -0.4 is 25.3 Å². The lowest BCUT2D eigenvalue weighted by Crippen LogP contribution is -2.46. The number of anilines is 6. The summed E-state index contributed by atoms with van der Waals surface area (Å²) >= 11 is 0. The number of benzene rings is 2. The molecule has 0 aliphatic carbocycles. The summed E-state index contributed by atoms with van der Waals surface area (Å²) in [5.41, 5.74) is 5.03. The molecule has 2 heterocycles.